The highest BCUT2D eigenvalue weighted by Gasteiger charge is 2.25. The summed E-state index contributed by atoms with van der Waals surface area (Å²) in [6.45, 7) is 4.89. The van der Waals surface area contributed by atoms with E-state index in [1.54, 1.807) is 0 Å². The summed E-state index contributed by atoms with van der Waals surface area (Å²) in [7, 11) is -0.823. The summed E-state index contributed by atoms with van der Waals surface area (Å²) in [6, 6.07) is 7.68. The lowest BCUT2D eigenvalue weighted by atomic mass is 9.91. The van der Waals surface area contributed by atoms with E-state index in [-0.39, 0.29) is 6.04 Å². The molecule has 21 heavy (non-hydrogen) atoms. The maximum absolute atomic E-state index is 12.5. The fourth-order valence-electron chi connectivity index (χ4n) is 3.00. The fourth-order valence-corrected chi connectivity index (χ4v) is 4.80. The predicted molar refractivity (Wildman–Crippen MR) is 89.0 cm³/mol. The Kier molecular flexibility index (Phi) is 6.24. The van der Waals surface area contributed by atoms with Gasteiger partial charge in [0.15, 0.2) is 0 Å². The van der Waals surface area contributed by atoms with E-state index in [9.17, 15) is 4.21 Å². The number of hydrogen-bond donors (Lipinski definition) is 1. The van der Waals surface area contributed by atoms with Gasteiger partial charge >= 0.3 is 0 Å². The molecule has 0 amide bonds. The van der Waals surface area contributed by atoms with Gasteiger partial charge in [0.1, 0.15) is 5.75 Å². The molecule has 1 aliphatic carbocycles. The quantitative estimate of drug-likeness (QED) is 0.876. The molecular weight excluding hydrogens is 282 g/mol. The average molecular weight is 309 g/mol. The number of ether oxygens (including phenoxy) is 1. The molecule has 3 nitrogen and oxygen atoms in total. The first-order valence-corrected chi connectivity index (χ1v) is 9.34. The zero-order chi connectivity index (χ0) is 15.2. The molecule has 1 aromatic rings. The summed E-state index contributed by atoms with van der Waals surface area (Å²) in [5, 5.41) is 0.336. The molecule has 1 fully saturated rings. The van der Waals surface area contributed by atoms with E-state index in [2.05, 4.69) is 6.92 Å². The largest absolute Gasteiger partial charge is 0.494 e. The number of benzene rings is 1. The van der Waals surface area contributed by atoms with Crippen molar-refractivity contribution in [3.63, 3.8) is 0 Å². The van der Waals surface area contributed by atoms with Crippen molar-refractivity contribution in [1.29, 1.82) is 0 Å². The van der Waals surface area contributed by atoms with E-state index in [4.69, 9.17) is 10.5 Å². The lowest BCUT2D eigenvalue weighted by molar-refractivity contribution is 0.340. The summed E-state index contributed by atoms with van der Waals surface area (Å²) in [6.07, 6.45) is 4.66. The summed E-state index contributed by atoms with van der Waals surface area (Å²) < 4.78 is 17.9. The number of hydrogen-bond acceptors (Lipinski definition) is 3. The van der Waals surface area contributed by atoms with Gasteiger partial charge < -0.3 is 10.5 Å². The normalized spacial score (nSPS) is 25.3. The van der Waals surface area contributed by atoms with Crippen molar-refractivity contribution in [2.24, 2.45) is 11.7 Å². The minimum Gasteiger partial charge on any atom is -0.494 e. The van der Waals surface area contributed by atoms with Crippen molar-refractivity contribution in [2.75, 3.05) is 12.4 Å². The zero-order valence-corrected chi connectivity index (χ0v) is 13.9. The highest BCUT2D eigenvalue weighted by molar-refractivity contribution is 7.85. The van der Waals surface area contributed by atoms with Gasteiger partial charge in [0.2, 0.25) is 0 Å². The molecule has 0 spiro atoms. The highest BCUT2D eigenvalue weighted by Crippen LogP contribution is 2.28. The van der Waals surface area contributed by atoms with Crippen LogP contribution in [0.5, 0.6) is 5.75 Å². The van der Waals surface area contributed by atoms with E-state index in [1.807, 2.05) is 31.2 Å². The van der Waals surface area contributed by atoms with Gasteiger partial charge in [-0.3, -0.25) is 4.21 Å². The number of nitrogens with two attached hydrogens (primary N) is 1. The first-order chi connectivity index (χ1) is 10.1. The van der Waals surface area contributed by atoms with Crippen molar-refractivity contribution >= 4 is 10.8 Å². The van der Waals surface area contributed by atoms with Crippen LogP contribution in [0, 0.1) is 5.92 Å². The minimum absolute atomic E-state index is 0.154. The lowest BCUT2D eigenvalue weighted by Crippen LogP contribution is -2.29. The maximum Gasteiger partial charge on any atom is 0.119 e. The van der Waals surface area contributed by atoms with E-state index < -0.39 is 10.8 Å². The molecule has 2 rings (SSSR count). The molecule has 0 bridgehead atoms. The Hall–Kier alpha value is -0.870. The van der Waals surface area contributed by atoms with Crippen LogP contribution in [-0.2, 0) is 10.8 Å². The maximum atomic E-state index is 12.5. The summed E-state index contributed by atoms with van der Waals surface area (Å²) >= 11 is 0. The molecule has 0 aromatic heterocycles. The minimum atomic E-state index is -0.823. The van der Waals surface area contributed by atoms with Crippen molar-refractivity contribution in [1.82, 2.24) is 0 Å². The molecule has 0 heterocycles. The van der Waals surface area contributed by atoms with Crippen molar-refractivity contribution < 1.29 is 8.95 Å². The van der Waals surface area contributed by atoms with E-state index in [0.29, 0.717) is 23.5 Å². The second-order valence-electron chi connectivity index (χ2n) is 6.05. The van der Waals surface area contributed by atoms with Crippen LogP contribution >= 0.6 is 0 Å². The smallest absolute Gasteiger partial charge is 0.119 e. The fraction of sp³-hybridized carbons (Fsp3) is 0.647. The average Bonchev–Trinajstić information content (AvgIpc) is 2.48. The second kappa shape index (κ2) is 7.95. The topological polar surface area (TPSA) is 52.3 Å². The van der Waals surface area contributed by atoms with Gasteiger partial charge in [-0.05, 0) is 43.4 Å². The van der Waals surface area contributed by atoms with Gasteiger partial charge in [-0.2, -0.15) is 0 Å². The Balaban J connectivity index is 1.90. The predicted octanol–water partition coefficient (Wildman–Crippen LogP) is 3.41. The molecule has 2 N–H and O–H groups in total. The Labute approximate surface area is 130 Å². The molecule has 0 radical (unpaired) electrons. The Morgan fingerprint density at radius 1 is 1.33 bits per heavy atom. The van der Waals surface area contributed by atoms with Gasteiger partial charge in [-0.1, -0.05) is 31.9 Å². The van der Waals surface area contributed by atoms with Crippen LogP contribution in [0.25, 0.3) is 0 Å². The summed E-state index contributed by atoms with van der Waals surface area (Å²) in [4.78, 5) is 0. The molecule has 118 valence electrons. The lowest BCUT2D eigenvalue weighted by Gasteiger charge is -2.27. The molecule has 1 aliphatic rings. The van der Waals surface area contributed by atoms with Gasteiger partial charge in [-0.15, -0.1) is 0 Å². The van der Waals surface area contributed by atoms with Gasteiger partial charge in [0.05, 0.1) is 6.61 Å². The van der Waals surface area contributed by atoms with Gasteiger partial charge in [0.25, 0.3) is 0 Å². The van der Waals surface area contributed by atoms with E-state index in [0.717, 1.165) is 24.2 Å². The first-order valence-electron chi connectivity index (χ1n) is 7.95. The summed E-state index contributed by atoms with van der Waals surface area (Å²) in [5.41, 5.74) is 7.27. The second-order valence-corrected chi connectivity index (χ2v) is 7.81. The van der Waals surface area contributed by atoms with Crippen LogP contribution in [0.3, 0.4) is 0 Å². The van der Waals surface area contributed by atoms with Gasteiger partial charge in [-0.25, -0.2) is 0 Å². The molecular formula is C17H27NO2S. The third kappa shape index (κ3) is 4.82. The molecule has 0 saturated heterocycles. The van der Waals surface area contributed by atoms with E-state index >= 15 is 0 Å². The van der Waals surface area contributed by atoms with Crippen molar-refractivity contribution in [3.05, 3.63) is 29.8 Å². The van der Waals surface area contributed by atoms with Crippen LogP contribution < -0.4 is 10.5 Å². The van der Waals surface area contributed by atoms with Crippen molar-refractivity contribution in [3.8, 4) is 5.75 Å². The van der Waals surface area contributed by atoms with Gasteiger partial charge in [0, 0.05) is 27.8 Å². The molecule has 4 unspecified atom stereocenters. The Bertz CT molecular complexity index is 460. The first kappa shape index (κ1) is 16.5. The Morgan fingerprint density at radius 3 is 2.67 bits per heavy atom. The molecule has 4 atom stereocenters. The standard InChI is InChI=1S/C17H27NO2S/c1-3-20-15-9-7-14(8-10-15)17(18)12-21(19)16-6-4-5-13(2)11-16/h7-10,13,16-17H,3-6,11-12,18H2,1-2H3. The molecule has 1 saturated carbocycles. The van der Waals surface area contributed by atoms with Crippen LogP contribution in [0.2, 0.25) is 0 Å². The monoisotopic (exact) mass is 309 g/mol. The molecule has 1 aromatic carbocycles. The third-order valence-corrected chi connectivity index (χ3v) is 6.08. The Morgan fingerprint density at radius 2 is 2.05 bits per heavy atom. The molecule has 4 heteroatoms. The van der Waals surface area contributed by atoms with Crippen LogP contribution in [0.15, 0.2) is 24.3 Å². The third-order valence-electron chi connectivity index (χ3n) is 4.22. The van der Waals surface area contributed by atoms with Crippen LogP contribution in [0.1, 0.15) is 51.1 Å². The zero-order valence-electron chi connectivity index (χ0n) is 13.1. The highest BCUT2D eigenvalue weighted by atomic mass is 32.2. The van der Waals surface area contributed by atoms with Crippen LogP contribution in [-0.4, -0.2) is 21.8 Å². The molecule has 0 aliphatic heterocycles. The van der Waals surface area contributed by atoms with Crippen molar-refractivity contribution in [2.45, 2.75) is 50.8 Å². The van der Waals surface area contributed by atoms with Crippen LogP contribution in [0.4, 0.5) is 0 Å². The summed E-state index contributed by atoms with van der Waals surface area (Å²) in [5.74, 6) is 2.12. The number of rotatable bonds is 6. The SMILES string of the molecule is CCOc1ccc(C(N)CS(=O)C2CCCC(C)C2)cc1. The van der Waals surface area contributed by atoms with E-state index in [1.165, 1.54) is 12.8 Å².